The number of nitrogens with zero attached hydrogens (tertiary/aromatic N) is 2. The van der Waals surface area contributed by atoms with E-state index in [1.807, 2.05) is 25.9 Å². The number of hydrogen-bond acceptors (Lipinski definition) is 3. The highest BCUT2D eigenvalue weighted by atomic mass is 16.3. The van der Waals surface area contributed by atoms with Gasteiger partial charge < -0.3 is 14.9 Å². The van der Waals surface area contributed by atoms with Crippen LogP contribution in [0.4, 0.5) is 5.69 Å². The number of carbonyl (C=O) groups excluding carboxylic acids is 1. The maximum Gasteiger partial charge on any atom is 0.227 e. The molecule has 0 heterocycles. The van der Waals surface area contributed by atoms with Crippen molar-refractivity contribution in [3.8, 4) is 5.75 Å². The highest BCUT2D eigenvalue weighted by molar-refractivity contribution is 5.78. The molecule has 122 valence electrons. The number of benzene rings is 2. The first-order chi connectivity index (χ1) is 11.0. The van der Waals surface area contributed by atoms with E-state index in [0.29, 0.717) is 19.5 Å². The summed E-state index contributed by atoms with van der Waals surface area (Å²) in [5.74, 6) is 0.310. The maximum absolute atomic E-state index is 12.5. The van der Waals surface area contributed by atoms with E-state index in [0.717, 1.165) is 16.8 Å². The summed E-state index contributed by atoms with van der Waals surface area (Å²) in [5.41, 5.74) is 3.18. The molecule has 0 unspecified atom stereocenters. The van der Waals surface area contributed by atoms with Crippen LogP contribution >= 0.6 is 0 Å². The Morgan fingerprint density at radius 3 is 2.04 bits per heavy atom. The molecule has 0 aliphatic rings. The Bertz CT molecular complexity index is 633. The van der Waals surface area contributed by atoms with Gasteiger partial charge in [-0.3, -0.25) is 4.79 Å². The zero-order valence-corrected chi connectivity index (χ0v) is 14.0. The standard InChI is InChI=1S/C19H24N2O2/c1-4-21(14-16-5-9-17(10-6-16)20(2)3)19(23)13-15-7-11-18(22)12-8-15/h5-12,22H,4,13-14H2,1-3H3. The lowest BCUT2D eigenvalue weighted by molar-refractivity contribution is -0.130. The summed E-state index contributed by atoms with van der Waals surface area (Å²) >= 11 is 0. The van der Waals surface area contributed by atoms with Gasteiger partial charge in [0, 0.05) is 32.9 Å². The summed E-state index contributed by atoms with van der Waals surface area (Å²) in [6.45, 7) is 3.27. The van der Waals surface area contributed by atoms with E-state index in [1.165, 1.54) is 0 Å². The van der Waals surface area contributed by atoms with Crippen LogP contribution in [0, 0.1) is 0 Å². The lowest BCUT2D eigenvalue weighted by Crippen LogP contribution is -2.31. The van der Waals surface area contributed by atoms with E-state index in [-0.39, 0.29) is 11.7 Å². The quantitative estimate of drug-likeness (QED) is 0.891. The third-order valence-electron chi connectivity index (χ3n) is 3.85. The Labute approximate surface area is 138 Å². The van der Waals surface area contributed by atoms with Gasteiger partial charge >= 0.3 is 0 Å². The Morgan fingerprint density at radius 1 is 0.957 bits per heavy atom. The predicted octanol–water partition coefficient (Wildman–Crippen LogP) is 3.05. The van der Waals surface area contributed by atoms with E-state index < -0.39 is 0 Å². The SMILES string of the molecule is CCN(Cc1ccc(N(C)C)cc1)C(=O)Cc1ccc(O)cc1. The van der Waals surface area contributed by atoms with Crippen LogP contribution in [0.15, 0.2) is 48.5 Å². The van der Waals surface area contributed by atoms with Crippen LogP contribution < -0.4 is 4.90 Å². The van der Waals surface area contributed by atoms with Crippen molar-refractivity contribution in [3.05, 3.63) is 59.7 Å². The number of likely N-dealkylation sites (N-methyl/N-ethyl adjacent to an activating group) is 1. The van der Waals surface area contributed by atoms with Gasteiger partial charge in [0.05, 0.1) is 6.42 Å². The molecule has 0 aliphatic heterocycles. The lowest BCUT2D eigenvalue weighted by atomic mass is 10.1. The zero-order valence-electron chi connectivity index (χ0n) is 14.0. The van der Waals surface area contributed by atoms with Crippen LogP contribution in [0.1, 0.15) is 18.1 Å². The van der Waals surface area contributed by atoms with Gasteiger partial charge in [0.25, 0.3) is 0 Å². The van der Waals surface area contributed by atoms with Gasteiger partial charge in [-0.15, -0.1) is 0 Å². The molecular formula is C19H24N2O2. The highest BCUT2D eigenvalue weighted by Crippen LogP contribution is 2.15. The minimum absolute atomic E-state index is 0.0925. The van der Waals surface area contributed by atoms with Gasteiger partial charge in [0.1, 0.15) is 5.75 Å². The van der Waals surface area contributed by atoms with Crippen molar-refractivity contribution in [2.75, 3.05) is 25.5 Å². The summed E-state index contributed by atoms with van der Waals surface area (Å²) < 4.78 is 0. The average Bonchev–Trinajstić information content (AvgIpc) is 2.55. The molecule has 0 saturated heterocycles. The molecular weight excluding hydrogens is 288 g/mol. The molecule has 4 heteroatoms. The lowest BCUT2D eigenvalue weighted by Gasteiger charge is -2.22. The third kappa shape index (κ3) is 4.74. The van der Waals surface area contributed by atoms with Gasteiger partial charge in [-0.1, -0.05) is 24.3 Å². The third-order valence-corrected chi connectivity index (χ3v) is 3.85. The van der Waals surface area contributed by atoms with E-state index in [4.69, 9.17) is 0 Å². The molecule has 0 saturated carbocycles. The smallest absolute Gasteiger partial charge is 0.227 e. The van der Waals surface area contributed by atoms with Gasteiger partial charge in [0.2, 0.25) is 5.91 Å². The zero-order chi connectivity index (χ0) is 16.8. The molecule has 0 bridgehead atoms. The molecule has 0 radical (unpaired) electrons. The number of anilines is 1. The summed E-state index contributed by atoms with van der Waals surface area (Å²) in [7, 11) is 4.02. The Morgan fingerprint density at radius 2 is 1.52 bits per heavy atom. The highest BCUT2D eigenvalue weighted by Gasteiger charge is 2.13. The van der Waals surface area contributed by atoms with Crippen molar-refractivity contribution in [1.29, 1.82) is 0 Å². The Kier molecular flexibility index (Phi) is 5.63. The van der Waals surface area contributed by atoms with Crippen molar-refractivity contribution < 1.29 is 9.90 Å². The van der Waals surface area contributed by atoms with Crippen molar-refractivity contribution in [2.24, 2.45) is 0 Å². The number of hydrogen-bond donors (Lipinski definition) is 1. The minimum atomic E-state index is 0.0925. The second kappa shape index (κ2) is 7.68. The first kappa shape index (κ1) is 16.9. The fourth-order valence-electron chi connectivity index (χ4n) is 2.40. The summed E-state index contributed by atoms with van der Waals surface area (Å²) in [4.78, 5) is 16.4. The van der Waals surface area contributed by atoms with Crippen molar-refractivity contribution in [1.82, 2.24) is 4.90 Å². The average molecular weight is 312 g/mol. The molecule has 23 heavy (non-hydrogen) atoms. The number of phenols is 1. The monoisotopic (exact) mass is 312 g/mol. The molecule has 4 nitrogen and oxygen atoms in total. The van der Waals surface area contributed by atoms with Crippen LogP contribution in [0.2, 0.25) is 0 Å². The number of aromatic hydroxyl groups is 1. The molecule has 0 aromatic heterocycles. The maximum atomic E-state index is 12.5. The molecule has 1 amide bonds. The molecule has 0 aliphatic carbocycles. The fourth-order valence-corrected chi connectivity index (χ4v) is 2.40. The molecule has 0 spiro atoms. The van der Waals surface area contributed by atoms with Gasteiger partial charge in [-0.2, -0.15) is 0 Å². The Hall–Kier alpha value is -2.49. The largest absolute Gasteiger partial charge is 0.508 e. The number of rotatable bonds is 6. The van der Waals surface area contributed by atoms with E-state index in [9.17, 15) is 9.90 Å². The molecule has 0 fully saturated rings. The predicted molar refractivity (Wildman–Crippen MR) is 93.7 cm³/mol. The van der Waals surface area contributed by atoms with Crippen molar-refractivity contribution >= 4 is 11.6 Å². The normalized spacial score (nSPS) is 10.4. The molecule has 2 aromatic rings. The second-order valence-electron chi connectivity index (χ2n) is 5.81. The van der Waals surface area contributed by atoms with Crippen LogP contribution in [0.3, 0.4) is 0 Å². The minimum Gasteiger partial charge on any atom is -0.508 e. The molecule has 1 N–H and O–H groups in total. The summed E-state index contributed by atoms with van der Waals surface area (Å²) in [5, 5.41) is 9.30. The van der Waals surface area contributed by atoms with E-state index >= 15 is 0 Å². The second-order valence-corrected chi connectivity index (χ2v) is 5.81. The van der Waals surface area contributed by atoms with Crippen LogP contribution in [0.5, 0.6) is 5.75 Å². The van der Waals surface area contributed by atoms with Gasteiger partial charge in [-0.25, -0.2) is 0 Å². The van der Waals surface area contributed by atoms with E-state index in [2.05, 4.69) is 29.2 Å². The molecule has 0 atom stereocenters. The van der Waals surface area contributed by atoms with Crippen LogP contribution in [-0.4, -0.2) is 36.6 Å². The van der Waals surface area contributed by atoms with Crippen molar-refractivity contribution in [3.63, 3.8) is 0 Å². The molecule has 2 aromatic carbocycles. The number of phenolic OH excluding ortho intramolecular Hbond substituents is 1. The number of amides is 1. The van der Waals surface area contributed by atoms with Crippen molar-refractivity contribution in [2.45, 2.75) is 19.9 Å². The summed E-state index contributed by atoms with van der Waals surface area (Å²) in [6.07, 6.45) is 0.351. The van der Waals surface area contributed by atoms with Gasteiger partial charge in [-0.05, 0) is 42.3 Å². The van der Waals surface area contributed by atoms with E-state index in [1.54, 1.807) is 24.3 Å². The van der Waals surface area contributed by atoms with Crippen LogP contribution in [-0.2, 0) is 17.8 Å². The first-order valence-electron chi connectivity index (χ1n) is 7.81. The van der Waals surface area contributed by atoms with Crippen LogP contribution in [0.25, 0.3) is 0 Å². The topological polar surface area (TPSA) is 43.8 Å². The number of carbonyl (C=O) groups is 1. The Balaban J connectivity index is 2.00. The van der Waals surface area contributed by atoms with Gasteiger partial charge in [0.15, 0.2) is 0 Å². The first-order valence-corrected chi connectivity index (χ1v) is 7.81. The fraction of sp³-hybridized carbons (Fsp3) is 0.316. The molecule has 2 rings (SSSR count). The summed E-state index contributed by atoms with van der Waals surface area (Å²) in [6, 6.07) is 15.0.